The first kappa shape index (κ1) is 24.1. The van der Waals surface area contributed by atoms with Gasteiger partial charge in [-0.05, 0) is 62.1 Å². The van der Waals surface area contributed by atoms with Crippen molar-refractivity contribution in [1.29, 1.82) is 0 Å². The predicted molar refractivity (Wildman–Crippen MR) is 135 cm³/mol. The van der Waals surface area contributed by atoms with E-state index in [1.54, 1.807) is 16.5 Å². The van der Waals surface area contributed by atoms with Crippen LogP contribution >= 0.6 is 0 Å². The molecule has 3 N–H and O–H groups in total. The van der Waals surface area contributed by atoms with Crippen LogP contribution in [0.5, 0.6) is 11.5 Å². The number of carbonyl (C=O) groups is 1. The first-order valence-corrected chi connectivity index (χ1v) is 11.5. The standard InChI is InChI=1S/C27H29FN4O3/c1-5-18-12-20(34-6-2)13-21(35-15-22(29)33)24(18)26-27(31-25-16(3)8-7-9-17(25)4)32-14-19(28)10-11-23(32)30-26/h7-14,31H,5-6,15H2,1-4H3,(H2,29,33). The summed E-state index contributed by atoms with van der Waals surface area (Å²) in [5.74, 6) is 0.631. The molecule has 0 atom stereocenters. The number of benzene rings is 2. The van der Waals surface area contributed by atoms with Gasteiger partial charge in [0.15, 0.2) is 6.61 Å². The van der Waals surface area contributed by atoms with E-state index in [1.165, 1.54) is 12.3 Å². The number of nitrogens with zero attached hydrogens (tertiary/aromatic N) is 2. The Kier molecular flexibility index (Phi) is 6.91. The number of aromatic nitrogens is 2. The van der Waals surface area contributed by atoms with E-state index in [4.69, 9.17) is 20.2 Å². The molecule has 0 aliphatic carbocycles. The third kappa shape index (κ3) is 4.91. The lowest BCUT2D eigenvalue weighted by Gasteiger charge is -2.18. The number of hydrogen-bond donors (Lipinski definition) is 2. The highest BCUT2D eigenvalue weighted by molar-refractivity contribution is 5.86. The molecule has 2 aromatic carbocycles. The zero-order valence-corrected chi connectivity index (χ0v) is 20.3. The minimum atomic E-state index is -0.596. The first-order valence-electron chi connectivity index (χ1n) is 11.5. The Bertz CT molecular complexity index is 1380. The molecule has 1 amide bonds. The topological polar surface area (TPSA) is 90.9 Å². The number of amides is 1. The van der Waals surface area contributed by atoms with Crippen molar-refractivity contribution in [3.8, 4) is 22.8 Å². The second-order valence-electron chi connectivity index (χ2n) is 8.27. The van der Waals surface area contributed by atoms with Crippen molar-refractivity contribution in [2.75, 3.05) is 18.5 Å². The Balaban J connectivity index is 2.00. The Hall–Kier alpha value is -4.07. The zero-order valence-electron chi connectivity index (χ0n) is 20.3. The van der Waals surface area contributed by atoms with Gasteiger partial charge in [0.05, 0.1) is 6.61 Å². The number of hydrogen-bond acceptors (Lipinski definition) is 5. The van der Waals surface area contributed by atoms with Crippen molar-refractivity contribution in [1.82, 2.24) is 9.38 Å². The molecular formula is C27H29FN4O3. The van der Waals surface area contributed by atoms with Gasteiger partial charge in [-0.3, -0.25) is 9.20 Å². The van der Waals surface area contributed by atoms with Crippen molar-refractivity contribution in [3.63, 3.8) is 0 Å². The van der Waals surface area contributed by atoms with Crippen LogP contribution in [0.1, 0.15) is 30.5 Å². The fourth-order valence-corrected chi connectivity index (χ4v) is 4.15. The summed E-state index contributed by atoms with van der Waals surface area (Å²) in [4.78, 5) is 16.4. The SMILES string of the molecule is CCOc1cc(CC)c(-c2nc3ccc(F)cn3c2Nc2c(C)cccc2C)c(OCC(N)=O)c1. The molecule has 35 heavy (non-hydrogen) atoms. The number of pyridine rings is 1. The molecule has 0 unspecified atom stereocenters. The smallest absolute Gasteiger partial charge is 0.255 e. The van der Waals surface area contributed by atoms with Gasteiger partial charge in [-0.25, -0.2) is 9.37 Å². The van der Waals surface area contributed by atoms with Gasteiger partial charge in [-0.15, -0.1) is 0 Å². The minimum Gasteiger partial charge on any atom is -0.494 e. The molecule has 0 saturated carbocycles. The Morgan fingerprint density at radius 1 is 1.11 bits per heavy atom. The van der Waals surface area contributed by atoms with Gasteiger partial charge in [0.1, 0.15) is 34.5 Å². The molecule has 7 nitrogen and oxygen atoms in total. The maximum Gasteiger partial charge on any atom is 0.255 e. The number of fused-ring (bicyclic) bond motifs is 1. The van der Waals surface area contributed by atoms with Crippen LogP contribution < -0.4 is 20.5 Å². The van der Waals surface area contributed by atoms with Crippen LogP contribution in [0, 0.1) is 19.7 Å². The largest absolute Gasteiger partial charge is 0.494 e. The number of halogens is 1. The van der Waals surface area contributed by atoms with Crippen LogP contribution in [-0.2, 0) is 11.2 Å². The number of ether oxygens (including phenoxy) is 2. The fourth-order valence-electron chi connectivity index (χ4n) is 4.15. The Morgan fingerprint density at radius 3 is 2.51 bits per heavy atom. The van der Waals surface area contributed by atoms with E-state index in [2.05, 4.69) is 5.32 Å². The van der Waals surface area contributed by atoms with Crippen molar-refractivity contribution in [3.05, 3.63) is 71.2 Å². The summed E-state index contributed by atoms with van der Waals surface area (Å²) in [6.45, 7) is 8.11. The average molecular weight is 477 g/mol. The van der Waals surface area contributed by atoms with Crippen LogP contribution in [-0.4, -0.2) is 28.5 Å². The molecule has 4 rings (SSSR count). The highest BCUT2D eigenvalue weighted by Crippen LogP contribution is 2.42. The maximum atomic E-state index is 14.3. The van der Waals surface area contributed by atoms with Crippen LogP contribution in [0.25, 0.3) is 16.9 Å². The summed E-state index contributed by atoms with van der Waals surface area (Å²) in [6.07, 6.45) is 2.04. The summed E-state index contributed by atoms with van der Waals surface area (Å²) >= 11 is 0. The predicted octanol–water partition coefficient (Wildman–Crippen LogP) is 5.33. The average Bonchev–Trinajstić information content (AvgIpc) is 3.16. The molecule has 0 aliphatic rings. The third-order valence-electron chi connectivity index (χ3n) is 5.76. The zero-order chi connectivity index (χ0) is 25.1. The number of imidazole rings is 1. The molecule has 0 aliphatic heterocycles. The van der Waals surface area contributed by atoms with E-state index >= 15 is 0 Å². The second-order valence-corrected chi connectivity index (χ2v) is 8.27. The quantitative estimate of drug-likeness (QED) is 0.341. The summed E-state index contributed by atoms with van der Waals surface area (Å²) in [6, 6.07) is 12.7. The molecule has 0 saturated heterocycles. The van der Waals surface area contributed by atoms with E-state index in [9.17, 15) is 9.18 Å². The molecule has 0 spiro atoms. The number of anilines is 2. The van der Waals surface area contributed by atoms with Gasteiger partial charge in [0.25, 0.3) is 5.91 Å². The lowest BCUT2D eigenvalue weighted by atomic mass is 10.00. The number of carbonyl (C=O) groups excluding carboxylic acids is 1. The molecule has 0 bridgehead atoms. The second kappa shape index (κ2) is 10.0. The van der Waals surface area contributed by atoms with Gasteiger partial charge in [-0.2, -0.15) is 0 Å². The molecule has 2 heterocycles. The number of rotatable bonds is 9. The maximum absolute atomic E-state index is 14.3. The van der Waals surface area contributed by atoms with Gasteiger partial charge >= 0.3 is 0 Å². The molecular weight excluding hydrogens is 447 g/mol. The number of nitrogens with two attached hydrogens (primary N) is 1. The molecule has 182 valence electrons. The number of aryl methyl sites for hydroxylation is 3. The summed E-state index contributed by atoms with van der Waals surface area (Å²) in [5, 5.41) is 3.50. The third-order valence-corrected chi connectivity index (χ3v) is 5.76. The summed E-state index contributed by atoms with van der Waals surface area (Å²) < 4.78 is 27.6. The number of nitrogens with one attached hydrogen (secondary N) is 1. The Labute approximate surface area is 203 Å². The lowest BCUT2D eigenvalue weighted by molar-refractivity contribution is -0.119. The summed E-state index contributed by atoms with van der Waals surface area (Å²) in [5.41, 5.74) is 11.1. The molecule has 0 fully saturated rings. The molecule has 2 aromatic heterocycles. The van der Waals surface area contributed by atoms with Crippen molar-refractivity contribution >= 4 is 23.1 Å². The van der Waals surface area contributed by atoms with Gasteiger partial charge in [-0.1, -0.05) is 25.1 Å². The van der Waals surface area contributed by atoms with Gasteiger partial charge in [0.2, 0.25) is 0 Å². The minimum absolute atomic E-state index is 0.298. The summed E-state index contributed by atoms with van der Waals surface area (Å²) in [7, 11) is 0. The van der Waals surface area contributed by atoms with Crippen LogP contribution in [0.2, 0.25) is 0 Å². The van der Waals surface area contributed by atoms with Gasteiger partial charge < -0.3 is 20.5 Å². The van der Waals surface area contributed by atoms with Crippen LogP contribution in [0.3, 0.4) is 0 Å². The fraction of sp³-hybridized carbons (Fsp3) is 0.259. The van der Waals surface area contributed by atoms with Crippen LogP contribution in [0.4, 0.5) is 15.9 Å². The van der Waals surface area contributed by atoms with Crippen molar-refractivity contribution < 1.29 is 18.7 Å². The number of para-hydroxylation sites is 1. The van der Waals surface area contributed by atoms with E-state index in [1.807, 2.05) is 52.0 Å². The van der Waals surface area contributed by atoms with Crippen LogP contribution in [0.15, 0.2) is 48.7 Å². The van der Waals surface area contributed by atoms with Crippen molar-refractivity contribution in [2.24, 2.45) is 5.73 Å². The number of primary amides is 1. The molecule has 4 aromatic rings. The Morgan fingerprint density at radius 2 is 1.86 bits per heavy atom. The molecule has 0 radical (unpaired) electrons. The van der Waals surface area contributed by atoms with E-state index in [0.29, 0.717) is 47.2 Å². The van der Waals surface area contributed by atoms with Crippen molar-refractivity contribution in [2.45, 2.75) is 34.1 Å². The highest BCUT2D eigenvalue weighted by atomic mass is 19.1. The molecule has 8 heteroatoms. The highest BCUT2D eigenvalue weighted by Gasteiger charge is 2.23. The monoisotopic (exact) mass is 476 g/mol. The van der Waals surface area contributed by atoms with Gasteiger partial charge in [0, 0.05) is 23.5 Å². The van der Waals surface area contributed by atoms with E-state index in [0.717, 1.165) is 22.4 Å². The van der Waals surface area contributed by atoms with E-state index < -0.39 is 11.7 Å². The van der Waals surface area contributed by atoms with E-state index in [-0.39, 0.29) is 6.61 Å². The lowest BCUT2D eigenvalue weighted by Crippen LogP contribution is -2.20. The normalized spacial score (nSPS) is 11.0. The first-order chi connectivity index (χ1) is 16.8.